The Bertz CT molecular complexity index is 1030. The van der Waals surface area contributed by atoms with Crippen LogP contribution in [0.3, 0.4) is 0 Å². The molecule has 1 aliphatic carbocycles. The highest BCUT2D eigenvalue weighted by atomic mass is 16.3. The Balaban J connectivity index is 1.43. The first-order valence-electron chi connectivity index (χ1n) is 10.5. The molecule has 30 heavy (non-hydrogen) atoms. The van der Waals surface area contributed by atoms with Gasteiger partial charge in [-0.2, -0.15) is 5.10 Å². The summed E-state index contributed by atoms with van der Waals surface area (Å²) in [5.74, 6) is 0.720. The normalized spacial score (nSPS) is 28.4. The lowest BCUT2D eigenvalue weighted by molar-refractivity contribution is 0.172. The first-order chi connectivity index (χ1) is 14.7. The molecule has 4 atom stereocenters. The summed E-state index contributed by atoms with van der Waals surface area (Å²) >= 11 is 0. The van der Waals surface area contributed by atoms with Gasteiger partial charge in [0.25, 0.3) is 0 Å². The highest BCUT2D eigenvalue weighted by molar-refractivity contribution is 5.88. The smallest absolute Gasteiger partial charge is 0.169 e. The minimum atomic E-state index is -0.900. The standard InChI is InChI=1S/C22H27N7O/c23-16-6-2-4-8-18(16)27-19-10-14-11-25-29-22(30)20(14)21(28-19)26-15-9-13-5-1-3-7-17(13)24-12-15/h1,3,5,7,9-12,16,18-19,22,26-30H,2,4,6,8,23H2/t16-,18+,19?,22?/m0/s1. The van der Waals surface area contributed by atoms with Gasteiger partial charge in [-0.1, -0.05) is 31.0 Å². The Morgan fingerprint density at radius 1 is 1.17 bits per heavy atom. The number of fused-ring (bicyclic) bond motifs is 2. The molecule has 1 fully saturated rings. The van der Waals surface area contributed by atoms with E-state index in [0.717, 1.165) is 46.4 Å². The number of nitrogens with one attached hydrogen (secondary N) is 4. The zero-order chi connectivity index (χ0) is 20.5. The summed E-state index contributed by atoms with van der Waals surface area (Å²) in [6.45, 7) is 0. The van der Waals surface area contributed by atoms with E-state index in [1.807, 2.05) is 36.4 Å². The van der Waals surface area contributed by atoms with E-state index in [0.29, 0.717) is 0 Å². The fourth-order valence-corrected chi connectivity index (χ4v) is 4.41. The third kappa shape index (κ3) is 3.77. The highest BCUT2D eigenvalue weighted by Crippen LogP contribution is 2.26. The Kier molecular flexibility index (Phi) is 5.12. The van der Waals surface area contributed by atoms with Crippen LogP contribution >= 0.6 is 0 Å². The molecule has 0 spiro atoms. The maximum absolute atomic E-state index is 10.5. The van der Waals surface area contributed by atoms with Crippen molar-refractivity contribution in [2.75, 3.05) is 5.32 Å². The Hall–Kier alpha value is -2.94. The summed E-state index contributed by atoms with van der Waals surface area (Å²) in [7, 11) is 0. The monoisotopic (exact) mass is 405 g/mol. The first-order valence-corrected chi connectivity index (χ1v) is 10.5. The molecule has 3 heterocycles. The molecule has 1 aromatic heterocycles. The van der Waals surface area contributed by atoms with Crippen LogP contribution in [0.15, 0.2) is 64.7 Å². The van der Waals surface area contributed by atoms with Crippen LogP contribution in [0, 0.1) is 0 Å². The summed E-state index contributed by atoms with van der Waals surface area (Å²) in [6, 6.07) is 10.4. The van der Waals surface area contributed by atoms with Crippen molar-refractivity contribution in [2.24, 2.45) is 10.8 Å². The number of aliphatic hydroxyl groups excluding tert-OH is 1. The number of nitrogens with two attached hydrogens (primary N) is 1. The fourth-order valence-electron chi connectivity index (χ4n) is 4.41. The molecule has 0 radical (unpaired) electrons. The third-order valence-electron chi connectivity index (χ3n) is 5.97. The molecule has 1 aromatic carbocycles. The molecule has 8 heteroatoms. The molecule has 0 amide bonds. The van der Waals surface area contributed by atoms with E-state index in [9.17, 15) is 5.11 Å². The van der Waals surface area contributed by atoms with Crippen molar-refractivity contribution < 1.29 is 5.11 Å². The molecule has 2 unspecified atom stereocenters. The van der Waals surface area contributed by atoms with Gasteiger partial charge in [0.05, 0.1) is 35.4 Å². The van der Waals surface area contributed by atoms with Crippen LogP contribution in [-0.2, 0) is 0 Å². The molecule has 7 N–H and O–H groups in total. The minimum absolute atomic E-state index is 0.120. The third-order valence-corrected chi connectivity index (χ3v) is 5.97. The van der Waals surface area contributed by atoms with Crippen LogP contribution in [0.5, 0.6) is 0 Å². The number of para-hydroxylation sites is 1. The number of pyridine rings is 1. The van der Waals surface area contributed by atoms with Crippen molar-refractivity contribution in [1.82, 2.24) is 21.0 Å². The van der Waals surface area contributed by atoms with Crippen molar-refractivity contribution >= 4 is 22.8 Å². The van der Waals surface area contributed by atoms with E-state index in [1.54, 1.807) is 12.4 Å². The summed E-state index contributed by atoms with van der Waals surface area (Å²) in [5, 5.41) is 26.2. The lowest BCUT2D eigenvalue weighted by atomic mass is 9.90. The van der Waals surface area contributed by atoms with Crippen molar-refractivity contribution in [1.29, 1.82) is 0 Å². The average molecular weight is 406 g/mol. The van der Waals surface area contributed by atoms with Gasteiger partial charge < -0.3 is 21.5 Å². The van der Waals surface area contributed by atoms with Gasteiger partial charge in [0.15, 0.2) is 6.23 Å². The lowest BCUT2D eigenvalue weighted by Gasteiger charge is -2.37. The van der Waals surface area contributed by atoms with E-state index < -0.39 is 6.23 Å². The number of hydrazone groups is 1. The average Bonchev–Trinajstić information content (AvgIpc) is 2.75. The minimum Gasteiger partial charge on any atom is -0.368 e. The number of benzene rings is 1. The number of hydrogen-bond donors (Lipinski definition) is 6. The maximum Gasteiger partial charge on any atom is 0.169 e. The van der Waals surface area contributed by atoms with Crippen molar-refractivity contribution in [3.63, 3.8) is 0 Å². The van der Waals surface area contributed by atoms with Crippen LogP contribution in [0.1, 0.15) is 25.7 Å². The van der Waals surface area contributed by atoms with Gasteiger partial charge in [0, 0.05) is 23.0 Å². The van der Waals surface area contributed by atoms with Gasteiger partial charge in [-0.25, -0.2) is 0 Å². The number of hydrogen-bond acceptors (Lipinski definition) is 8. The van der Waals surface area contributed by atoms with Crippen molar-refractivity contribution in [3.8, 4) is 0 Å². The van der Waals surface area contributed by atoms with Gasteiger partial charge in [0.1, 0.15) is 5.82 Å². The predicted molar refractivity (Wildman–Crippen MR) is 118 cm³/mol. The molecular weight excluding hydrogens is 378 g/mol. The van der Waals surface area contributed by atoms with E-state index in [4.69, 9.17) is 5.73 Å². The SMILES string of the molecule is N[C@H]1CCCC[C@H]1NC1C=C2C=NNC(O)C2=C(Nc2cnc3ccccc3c2)N1. The molecule has 0 saturated heterocycles. The zero-order valence-electron chi connectivity index (χ0n) is 16.7. The highest BCUT2D eigenvalue weighted by Gasteiger charge is 2.30. The van der Waals surface area contributed by atoms with Gasteiger partial charge in [0.2, 0.25) is 0 Å². The molecular formula is C22H27N7O. The Labute approximate surface area is 175 Å². The van der Waals surface area contributed by atoms with Crippen LogP contribution in [-0.4, -0.2) is 40.8 Å². The second-order valence-corrected chi connectivity index (χ2v) is 8.09. The number of aromatic nitrogens is 1. The number of nitrogens with zero attached hydrogens (tertiary/aromatic N) is 2. The van der Waals surface area contributed by atoms with Gasteiger partial charge >= 0.3 is 0 Å². The Morgan fingerprint density at radius 3 is 2.93 bits per heavy atom. The van der Waals surface area contributed by atoms with Gasteiger partial charge in [-0.05, 0) is 31.1 Å². The fraction of sp³-hybridized carbons (Fsp3) is 0.364. The second kappa shape index (κ2) is 8.06. The number of rotatable bonds is 4. The number of aliphatic hydroxyl groups is 1. The van der Waals surface area contributed by atoms with Crippen LogP contribution < -0.4 is 27.1 Å². The van der Waals surface area contributed by atoms with E-state index in [-0.39, 0.29) is 18.2 Å². The van der Waals surface area contributed by atoms with E-state index in [2.05, 4.69) is 31.5 Å². The van der Waals surface area contributed by atoms with Gasteiger partial charge in [-0.3, -0.25) is 15.7 Å². The summed E-state index contributed by atoms with van der Waals surface area (Å²) in [4.78, 5) is 4.53. The molecule has 2 aromatic rings. The quantitative estimate of drug-likeness (QED) is 0.456. The number of anilines is 1. The van der Waals surface area contributed by atoms with Crippen molar-refractivity contribution in [3.05, 3.63) is 59.6 Å². The molecule has 5 rings (SSSR count). The van der Waals surface area contributed by atoms with E-state index >= 15 is 0 Å². The van der Waals surface area contributed by atoms with Crippen LogP contribution in [0.4, 0.5) is 5.69 Å². The second-order valence-electron chi connectivity index (χ2n) is 8.09. The summed E-state index contributed by atoms with van der Waals surface area (Å²) in [6.07, 6.45) is 9.05. The Morgan fingerprint density at radius 2 is 2.03 bits per heavy atom. The molecule has 8 nitrogen and oxygen atoms in total. The maximum atomic E-state index is 10.5. The van der Waals surface area contributed by atoms with Gasteiger partial charge in [-0.15, -0.1) is 0 Å². The topological polar surface area (TPSA) is 120 Å². The molecule has 2 aliphatic heterocycles. The zero-order valence-corrected chi connectivity index (χ0v) is 16.7. The van der Waals surface area contributed by atoms with Crippen LogP contribution in [0.2, 0.25) is 0 Å². The largest absolute Gasteiger partial charge is 0.368 e. The predicted octanol–water partition coefficient (Wildman–Crippen LogP) is 1.48. The molecule has 156 valence electrons. The number of dihydropyridines is 1. The first kappa shape index (κ1) is 19.0. The summed E-state index contributed by atoms with van der Waals surface area (Å²) < 4.78 is 0. The summed E-state index contributed by atoms with van der Waals surface area (Å²) in [5.41, 5.74) is 12.4. The lowest BCUT2D eigenvalue weighted by Crippen LogP contribution is -2.56. The molecule has 3 aliphatic rings. The molecule has 1 saturated carbocycles. The molecule has 0 bridgehead atoms. The van der Waals surface area contributed by atoms with Crippen molar-refractivity contribution in [2.45, 2.75) is 50.2 Å². The van der Waals surface area contributed by atoms with E-state index in [1.165, 1.54) is 12.8 Å². The van der Waals surface area contributed by atoms with Crippen LogP contribution in [0.25, 0.3) is 10.9 Å².